The number of rotatable bonds is 1. The van der Waals surface area contributed by atoms with Crippen LogP contribution in [0.4, 0.5) is 0 Å². The lowest BCUT2D eigenvalue weighted by Gasteiger charge is -2.04. The van der Waals surface area contributed by atoms with E-state index in [1.807, 2.05) is 0 Å². The molecule has 1 fully saturated rings. The molecule has 0 aliphatic carbocycles. The van der Waals surface area contributed by atoms with Crippen LogP contribution in [0.15, 0.2) is 18.5 Å². The maximum absolute atomic E-state index is 9.49. The van der Waals surface area contributed by atoms with E-state index in [1.54, 1.807) is 6.07 Å². The summed E-state index contributed by atoms with van der Waals surface area (Å²) in [5, 5.41) is 10.4. The first kappa shape index (κ1) is 13.8. The highest BCUT2D eigenvalue weighted by atomic mass is 35.5. The number of phenols is 1. The van der Waals surface area contributed by atoms with E-state index < -0.39 is 0 Å². The van der Waals surface area contributed by atoms with Gasteiger partial charge in [0.15, 0.2) is 11.5 Å². The SMILES string of the molecule is C1CCOC1.COc1cc2ncnc(Cl)c2cc1O. The fourth-order valence-electron chi connectivity index (χ4n) is 1.71. The van der Waals surface area contributed by atoms with Gasteiger partial charge >= 0.3 is 0 Å². The Kier molecular flexibility index (Phi) is 4.76. The minimum atomic E-state index is 0.0247. The summed E-state index contributed by atoms with van der Waals surface area (Å²) in [7, 11) is 1.48. The molecule has 1 aliphatic heterocycles. The Labute approximate surface area is 116 Å². The Morgan fingerprint density at radius 2 is 2.00 bits per heavy atom. The second kappa shape index (κ2) is 6.54. The van der Waals surface area contributed by atoms with Crippen molar-refractivity contribution in [2.75, 3.05) is 20.3 Å². The van der Waals surface area contributed by atoms with Crippen LogP contribution in [0.2, 0.25) is 5.15 Å². The van der Waals surface area contributed by atoms with Gasteiger partial charge < -0.3 is 14.6 Å². The third-order valence-electron chi connectivity index (χ3n) is 2.71. The molecule has 5 nitrogen and oxygen atoms in total. The van der Waals surface area contributed by atoms with Gasteiger partial charge in [0, 0.05) is 24.7 Å². The van der Waals surface area contributed by atoms with Crippen molar-refractivity contribution < 1.29 is 14.6 Å². The van der Waals surface area contributed by atoms with Gasteiger partial charge in [0.1, 0.15) is 11.5 Å². The molecule has 19 heavy (non-hydrogen) atoms. The molecule has 2 heterocycles. The summed E-state index contributed by atoms with van der Waals surface area (Å²) in [5.74, 6) is 0.393. The Morgan fingerprint density at radius 3 is 2.58 bits per heavy atom. The molecule has 0 atom stereocenters. The Balaban J connectivity index is 0.000000224. The highest BCUT2D eigenvalue weighted by Gasteiger charge is 2.07. The number of fused-ring (bicyclic) bond motifs is 1. The van der Waals surface area contributed by atoms with Crippen LogP contribution in [-0.4, -0.2) is 35.4 Å². The number of methoxy groups -OCH3 is 1. The van der Waals surface area contributed by atoms with Crippen LogP contribution in [0.25, 0.3) is 10.9 Å². The van der Waals surface area contributed by atoms with Crippen molar-refractivity contribution in [3.8, 4) is 11.5 Å². The molecule has 0 unspecified atom stereocenters. The van der Waals surface area contributed by atoms with E-state index in [1.165, 1.54) is 32.3 Å². The summed E-state index contributed by atoms with van der Waals surface area (Å²) in [5.41, 5.74) is 0.639. The van der Waals surface area contributed by atoms with Gasteiger partial charge in [0.2, 0.25) is 0 Å². The molecule has 102 valence electrons. The van der Waals surface area contributed by atoms with Gasteiger partial charge in [-0.25, -0.2) is 9.97 Å². The van der Waals surface area contributed by atoms with Gasteiger partial charge in [-0.2, -0.15) is 0 Å². The lowest BCUT2D eigenvalue weighted by molar-refractivity contribution is 0.198. The molecule has 0 saturated carbocycles. The van der Waals surface area contributed by atoms with E-state index in [0.717, 1.165) is 13.2 Å². The Hall–Kier alpha value is -1.59. The van der Waals surface area contributed by atoms with Crippen molar-refractivity contribution in [1.82, 2.24) is 9.97 Å². The number of benzene rings is 1. The van der Waals surface area contributed by atoms with Gasteiger partial charge in [-0.05, 0) is 18.9 Å². The minimum absolute atomic E-state index is 0.0247. The van der Waals surface area contributed by atoms with Crippen molar-refractivity contribution in [3.63, 3.8) is 0 Å². The number of aromatic hydroxyl groups is 1. The molecule has 1 aromatic carbocycles. The van der Waals surface area contributed by atoms with Gasteiger partial charge in [-0.3, -0.25) is 0 Å². The minimum Gasteiger partial charge on any atom is -0.504 e. The molecule has 1 aromatic heterocycles. The van der Waals surface area contributed by atoms with Gasteiger partial charge in [0.05, 0.1) is 12.6 Å². The fraction of sp³-hybridized carbons (Fsp3) is 0.385. The summed E-state index contributed by atoms with van der Waals surface area (Å²) in [6.45, 7) is 2.00. The number of phenolic OH excluding ortho intramolecular Hbond substituents is 1. The maximum Gasteiger partial charge on any atom is 0.162 e. The zero-order valence-corrected chi connectivity index (χ0v) is 11.4. The van der Waals surface area contributed by atoms with Gasteiger partial charge in [0.25, 0.3) is 0 Å². The Morgan fingerprint density at radius 1 is 1.26 bits per heavy atom. The number of nitrogens with zero attached hydrogens (tertiary/aromatic N) is 2. The van der Waals surface area contributed by atoms with Crippen molar-refractivity contribution >= 4 is 22.5 Å². The standard InChI is InChI=1S/C9H7ClN2O2.C4H8O/c1-14-8-3-6-5(2-7(8)13)9(10)12-4-11-6;1-2-4-5-3-1/h2-4,13H,1H3;1-4H2. The zero-order chi connectivity index (χ0) is 13.7. The average Bonchev–Trinajstić information content (AvgIpc) is 2.98. The number of halogens is 1. The van der Waals surface area contributed by atoms with E-state index in [4.69, 9.17) is 21.1 Å². The van der Waals surface area contributed by atoms with E-state index in [-0.39, 0.29) is 5.75 Å². The molecular weight excluding hydrogens is 268 g/mol. The van der Waals surface area contributed by atoms with E-state index in [0.29, 0.717) is 21.8 Å². The van der Waals surface area contributed by atoms with Gasteiger partial charge in [-0.1, -0.05) is 11.6 Å². The van der Waals surface area contributed by atoms with Crippen LogP contribution in [0.5, 0.6) is 11.5 Å². The predicted octanol–water partition coefficient (Wildman–Crippen LogP) is 2.79. The van der Waals surface area contributed by atoms with E-state index in [9.17, 15) is 5.11 Å². The predicted molar refractivity (Wildman–Crippen MR) is 72.8 cm³/mol. The summed E-state index contributed by atoms with van der Waals surface area (Å²) < 4.78 is 9.88. The van der Waals surface area contributed by atoms with E-state index >= 15 is 0 Å². The van der Waals surface area contributed by atoms with Crippen LogP contribution in [0.1, 0.15) is 12.8 Å². The molecule has 1 N–H and O–H groups in total. The first-order valence-corrected chi connectivity index (χ1v) is 6.35. The first-order chi connectivity index (χ1) is 9.22. The maximum atomic E-state index is 9.49. The molecule has 0 spiro atoms. The monoisotopic (exact) mass is 282 g/mol. The molecule has 1 saturated heterocycles. The molecule has 1 aliphatic rings. The largest absolute Gasteiger partial charge is 0.504 e. The topological polar surface area (TPSA) is 64.5 Å². The summed E-state index contributed by atoms with van der Waals surface area (Å²) >= 11 is 5.82. The van der Waals surface area contributed by atoms with Crippen LogP contribution >= 0.6 is 11.6 Å². The lowest BCUT2D eigenvalue weighted by Crippen LogP contribution is -1.87. The second-order valence-electron chi connectivity index (χ2n) is 4.03. The van der Waals surface area contributed by atoms with Crippen LogP contribution in [-0.2, 0) is 4.74 Å². The smallest absolute Gasteiger partial charge is 0.162 e. The highest BCUT2D eigenvalue weighted by Crippen LogP contribution is 2.32. The number of ether oxygens (including phenoxy) is 2. The zero-order valence-electron chi connectivity index (χ0n) is 10.6. The first-order valence-electron chi connectivity index (χ1n) is 5.97. The second-order valence-corrected chi connectivity index (χ2v) is 4.38. The van der Waals surface area contributed by atoms with Gasteiger partial charge in [-0.15, -0.1) is 0 Å². The number of aromatic nitrogens is 2. The molecule has 2 aromatic rings. The summed E-state index contributed by atoms with van der Waals surface area (Å²) in [4.78, 5) is 7.81. The van der Waals surface area contributed by atoms with Crippen molar-refractivity contribution in [3.05, 3.63) is 23.6 Å². The van der Waals surface area contributed by atoms with Crippen molar-refractivity contribution in [2.45, 2.75) is 12.8 Å². The highest BCUT2D eigenvalue weighted by molar-refractivity contribution is 6.34. The number of hydrogen-bond donors (Lipinski definition) is 1. The third kappa shape index (κ3) is 3.45. The molecule has 0 radical (unpaired) electrons. The fourth-order valence-corrected chi connectivity index (χ4v) is 1.91. The quantitative estimate of drug-likeness (QED) is 0.815. The van der Waals surface area contributed by atoms with E-state index in [2.05, 4.69) is 9.97 Å². The number of hydrogen-bond acceptors (Lipinski definition) is 5. The molecule has 6 heteroatoms. The molecule has 0 bridgehead atoms. The molecule has 3 rings (SSSR count). The van der Waals surface area contributed by atoms with Crippen molar-refractivity contribution in [2.24, 2.45) is 0 Å². The summed E-state index contributed by atoms with van der Waals surface area (Å²) in [6.07, 6.45) is 3.92. The van der Waals surface area contributed by atoms with Crippen LogP contribution < -0.4 is 4.74 Å². The van der Waals surface area contributed by atoms with Crippen LogP contribution in [0.3, 0.4) is 0 Å². The Bertz CT molecular complexity index is 551. The lowest BCUT2D eigenvalue weighted by atomic mass is 10.2. The van der Waals surface area contributed by atoms with Crippen LogP contribution in [0, 0.1) is 0 Å². The normalized spacial score (nSPS) is 14.0. The van der Waals surface area contributed by atoms with Crippen molar-refractivity contribution in [1.29, 1.82) is 0 Å². The average molecular weight is 283 g/mol. The molecular formula is C13H15ClN2O3. The third-order valence-corrected chi connectivity index (χ3v) is 3.02. The molecule has 0 amide bonds. The summed E-state index contributed by atoms with van der Waals surface area (Å²) in [6, 6.07) is 3.09.